The number of amides is 1. The second kappa shape index (κ2) is 8.33. The van der Waals surface area contributed by atoms with Crippen molar-refractivity contribution in [2.45, 2.75) is 19.4 Å². The lowest BCUT2D eigenvalue weighted by atomic mass is 10.1. The molecule has 0 radical (unpaired) electrons. The Balaban J connectivity index is 2.09. The summed E-state index contributed by atoms with van der Waals surface area (Å²) in [6.07, 6.45) is 2.65. The van der Waals surface area contributed by atoms with Crippen LogP contribution in [-0.2, 0) is 4.79 Å². The van der Waals surface area contributed by atoms with Gasteiger partial charge in [0, 0.05) is 10.4 Å². The first-order valence-corrected chi connectivity index (χ1v) is 9.43. The molecule has 2 rings (SSSR count). The van der Waals surface area contributed by atoms with Crippen LogP contribution >= 0.6 is 23.1 Å². The van der Waals surface area contributed by atoms with E-state index in [1.807, 2.05) is 37.4 Å². The van der Waals surface area contributed by atoms with Crippen LogP contribution in [0.15, 0.2) is 24.3 Å². The van der Waals surface area contributed by atoms with E-state index in [2.05, 4.69) is 10.3 Å². The van der Waals surface area contributed by atoms with Crippen molar-refractivity contribution in [1.29, 1.82) is 0 Å². The molecule has 23 heavy (non-hydrogen) atoms. The molecule has 0 saturated heterocycles. The summed E-state index contributed by atoms with van der Waals surface area (Å²) < 4.78 is 5.16. The number of thioether (sulfide) groups is 1. The number of nitrogens with two attached hydrogens (primary N) is 1. The number of rotatable bonds is 7. The normalized spacial score (nSPS) is 12.0. The third kappa shape index (κ3) is 4.70. The SMILES string of the molecule is COc1ccc(-c2nc(NC(=O)C(N)CCSC)sc2C)cc1. The summed E-state index contributed by atoms with van der Waals surface area (Å²) >= 11 is 3.13. The van der Waals surface area contributed by atoms with Crippen LogP contribution in [0.1, 0.15) is 11.3 Å². The minimum absolute atomic E-state index is 0.186. The molecule has 0 spiro atoms. The van der Waals surface area contributed by atoms with E-state index in [0.29, 0.717) is 11.6 Å². The Morgan fingerprint density at radius 2 is 2.13 bits per heavy atom. The van der Waals surface area contributed by atoms with Crippen molar-refractivity contribution in [2.75, 3.05) is 24.4 Å². The van der Waals surface area contributed by atoms with Gasteiger partial charge in [-0.25, -0.2) is 4.98 Å². The molecule has 7 heteroatoms. The minimum atomic E-state index is -0.504. The highest BCUT2D eigenvalue weighted by atomic mass is 32.2. The zero-order valence-corrected chi connectivity index (χ0v) is 15.1. The molecule has 0 saturated carbocycles. The van der Waals surface area contributed by atoms with E-state index >= 15 is 0 Å². The lowest BCUT2D eigenvalue weighted by Crippen LogP contribution is -2.36. The number of anilines is 1. The number of nitrogens with one attached hydrogen (secondary N) is 1. The number of hydrogen-bond donors (Lipinski definition) is 2. The number of carbonyl (C=O) groups excluding carboxylic acids is 1. The van der Waals surface area contributed by atoms with Crippen LogP contribution in [0.4, 0.5) is 5.13 Å². The van der Waals surface area contributed by atoms with Gasteiger partial charge in [0.15, 0.2) is 5.13 Å². The Morgan fingerprint density at radius 1 is 1.43 bits per heavy atom. The van der Waals surface area contributed by atoms with Crippen LogP contribution in [-0.4, -0.2) is 36.1 Å². The van der Waals surface area contributed by atoms with Gasteiger partial charge in [-0.15, -0.1) is 11.3 Å². The Morgan fingerprint density at radius 3 is 2.74 bits per heavy atom. The highest BCUT2D eigenvalue weighted by molar-refractivity contribution is 7.98. The van der Waals surface area contributed by atoms with Crippen LogP contribution in [0.2, 0.25) is 0 Å². The number of aromatic nitrogens is 1. The monoisotopic (exact) mass is 351 g/mol. The van der Waals surface area contributed by atoms with Crippen molar-refractivity contribution in [3.63, 3.8) is 0 Å². The van der Waals surface area contributed by atoms with Crippen molar-refractivity contribution in [3.8, 4) is 17.0 Å². The van der Waals surface area contributed by atoms with E-state index in [9.17, 15) is 4.79 Å². The van der Waals surface area contributed by atoms with Crippen LogP contribution in [0.3, 0.4) is 0 Å². The number of nitrogens with zero attached hydrogens (tertiary/aromatic N) is 1. The van der Waals surface area contributed by atoms with Gasteiger partial charge in [-0.2, -0.15) is 11.8 Å². The van der Waals surface area contributed by atoms with Gasteiger partial charge >= 0.3 is 0 Å². The molecule has 124 valence electrons. The number of ether oxygens (including phenoxy) is 1. The molecule has 1 heterocycles. The van der Waals surface area contributed by atoms with Crippen LogP contribution in [0.5, 0.6) is 5.75 Å². The Kier molecular flexibility index (Phi) is 6.44. The molecule has 1 unspecified atom stereocenters. The summed E-state index contributed by atoms with van der Waals surface area (Å²) in [5.74, 6) is 1.48. The summed E-state index contributed by atoms with van der Waals surface area (Å²) in [6, 6.07) is 7.19. The number of thiazole rings is 1. The van der Waals surface area contributed by atoms with Gasteiger partial charge < -0.3 is 15.8 Å². The first-order chi connectivity index (χ1) is 11.0. The molecular formula is C16H21N3O2S2. The van der Waals surface area contributed by atoms with Gasteiger partial charge in [-0.3, -0.25) is 4.79 Å². The van der Waals surface area contributed by atoms with E-state index in [1.165, 1.54) is 11.3 Å². The average Bonchev–Trinajstić information content (AvgIpc) is 2.92. The van der Waals surface area contributed by atoms with E-state index in [-0.39, 0.29) is 5.91 Å². The molecule has 0 bridgehead atoms. The van der Waals surface area contributed by atoms with E-state index in [1.54, 1.807) is 18.9 Å². The predicted molar refractivity (Wildman–Crippen MR) is 98.4 cm³/mol. The molecule has 0 aliphatic heterocycles. The Labute approximate surface area is 144 Å². The van der Waals surface area contributed by atoms with Gasteiger partial charge in [0.2, 0.25) is 5.91 Å². The summed E-state index contributed by atoms with van der Waals surface area (Å²) in [5, 5.41) is 3.40. The van der Waals surface area contributed by atoms with Crippen molar-refractivity contribution in [3.05, 3.63) is 29.1 Å². The first kappa shape index (κ1) is 17.8. The lowest BCUT2D eigenvalue weighted by Gasteiger charge is -2.09. The standard InChI is InChI=1S/C16H21N3O2S2/c1-10-14(11-4-6-12(21-2)7-5-11)18-16(23-10)19-15(20)13(17)8-9-22-3/h4-7,13H,8-9,17H2,1-3H3,(H,18,19,20). The summed E-state index contributed by atoms with van der Waals surface area (Å²) in [6.45, 7) is 1.99. The smallest absolute Gasteiger partial charge is 0.243 e. The second-order valence-corrected chi connectivity index (χ2v) is 7.22. The summed E-state index contributed by atoms with van der Waals surface area (Å²) in [5.41, 5.74) is 7.74. The Bertz CT molecular complexity index is 656. The van der Waals surface area contributed by atoms with Gasteiger partial charge in [0.05, 0.1) is 18.8 Å². The van der Waals surface area contributed by atoms with E-state index in [0.717, 1.165) is 27.6 Å². The minimum Gasteiger partial charge on any atom is -0.497 e. The molecule has 0 fully saturated rings. The zero-order valence-electron chi connectivity index (χ0n) is 13.5. The zero-order chi connectivity index (χ0) is 16.8. The first-order valence-electron chi connectivity index (χ1n) is 7.22. The highest BCUT2D eigenvalue weighted by Gasteiger charge is 2.16. The number of methoxy groups -OCH3 is 1. The Hall–Kier alpha value is -1.57. The van der Waals surface area contributed by atoms with Gasteiger partial charge in [0.1, 0.15) is 5.75 Å². The molecular weight excluding hydrogens is 330 g/mol. The highest BCUT2D eigenvalue weighted by Crippen LogP contribution is 2.31. The van der Waals surface area contributed by atoms with Crippen molar-refractivity contribution in [2.24, 2.45) is 5.73 Å². The number of carbonyl (C=O) groups is 1. The summed E-state index contributed by atoms with van der Waals surface area (Å²) in [7, 11) is 1.64. The molecule has 3 N–H and O–H groups in total. The van der Waals surface area contributed by atoms with Gasteiger partial charge in [0.25, 0.3) is 0 Å². The molecule has 1 aromatic carbocycles. The van der Waals surface area contributed by atoms with Crippen molar-refractivity contribution >= 4 is 34.1 Å². The molecule has 2 aromatic rings. The second-order valence-electron chi connectivity index (χ2n) is 5.03. The average molecular weight is 351 g/mol. The maximum atomic E-state index is 12.1. The fourth-order valence-corrected chi connectivity index (χ4v) is 3.37. The maximum Gasteiger partial charge on any atom is 0.243 e. The maximum absolute atomic E-state index is 12.1. The van der Waals surface area contributed by atoms with Crippen molar-refractivity contribution < 1.29 is 9.53 Å². The fraction of sp³-hybridized carbons (Fsp3) is 0.375. The van der Waals surface area contributed by atoms with Crippen LogP contribution in [0, 0.1) is 6.92 Å². The molecule has 1 atom stereocenters. The van der Waals surface area contributed by atoms with Crippen LogP contribution < -0.4 is 15.8 Å². The molecule has 0 aliphatic rings. The number of hydrogen-bond acceptors (Lipinski definition) is 6. The molecule has 1 aromatic heterocycles. The molecule has 5 nitrogen and oxygen atoms in total. The van der Waals surface area contributed by atoms with E-state index in [4.69, 9.17) is 10.5 Å². The third-order valence-electron chi connectivity index (χ3n) is 3.36. The summed E-state index contributed by atoms with van der Waals surface area (Å²) in [4.78, 5) is 17.6. The topological polar surface area (TPSA) is 77.2 Å². The third-order valence-corrected chi connectivity index (χ3v) is 4.89. The largest absolute Gasteiger partial charge is 0.497 e. The number of benzene rings is 1. The lowest BCUT2D eigenvalue weighted by molar-refractivity contribution is -0.117. The molecule has 1 amide bonds. The van der Waals surface area contributed by atoms with Crippen molar-refractivity contribution in [1.82, 2.24) is 4.98 Å². The van der Waals surface area contributed by atoms with Gasteiger partial charge in [-0.1, -0.05) is 0 Å². The van der Waals surface area contributed by atoms with Crippen LogP contribution in [0.25, 0.3) is 11.3 Å². The quantitative estimate of drug-likeness (QED) is 0.801. The predicted octanol–water partition coefficient (Wildman–Crippen LogP) is 3.15. The fourth-order valence-electron chi connectivity index (χ4n) is 2.04. The number of aryl methyl sites for hydroxylation is 1. The van der Waals surface area contributed by atoms with Gasteiger partial charge in [-0.05, 0) is 49.6 Å². The molecule has 0 aliphatic carbocycles. The van der Waals surface area contributed by atoms with E-state index < -0.39 is 6.04 Å².